The summed E-state index contributed by atoms with van der Waals surface area (Å²) < 4.78 is 52.8. The largest absolute Gasteiger partial charge is 0.493 e. The maximum atomic E-state index is 14.1. The summed E-state index contributed by atoms with van der Waals surface area (Å²) in [4.78, 5) is 42.5. The van der Waals surface area contributed by atoms with Gasteiger partial charge in [-0.3, -0.25) is 19.8 Å². The van der Waals surface area contributed by atoms with Crippen LogP contribution in [-0.2, 0) is 22.3 Å². The highest BCUT2D eigenvalue weighted by molar-refractivity contribution is 7.16. The van der Waals surface area contributed by atoms with Crippen LogP contribution in [0.3, 0.4) is 0 Å². The molecule has 2 N–H and O–H groups in total. The highest BCUT2D eigenvalue weighted by Crippen LogP contribution is 2.41. The predicted octanol–water partition coefficient (Wildman–Crippen LogP) is 5.57. The molecule has 1 amide bonds. The van der Waals surface area contributed by atoms with E-state index in [1.54, 1.807) is 6.07 Å². The minimum atomic E-state index is -4.65. The van der Waals surface area contributed by atoms with Crippen LogP contribution in [0.2, 0.25) is 0 Å². The van der Waals surface area contributed by atoms with E-state index in [1.807, 2.05) is 4.90 Å². The number of aromatic nitrogens is 3. The van der Waals surface area contributed by atoms with Crippen LogP contribution in [0.4, 0.5) is 24.1 Å². The number of hydrogen-bond donors (Lipinski definition) is 2. The number of halogens is 3. The first-order chi connectivity index (χ1) is 22.0. The normalized spacial score (nSPS) is 17.8. The number of carbonyl (C=O) groups excluding carboxylic acids is 1. The molecule has 1 atom stereocenters. The van der Waals surface area contributed by atoms with Gasteiger partial charge < -0.3 is 19.5 Å². The van der Waals surface area contributed by atoms with Crippen molar-refractivity contribution in [3.63, 3.8) is 0 Å². The number of nitrogens with zero attached hydrogens (tertiary/aromatic N) is 5. The first-order valence-corrected chi connectivity index (χ1v) is 16.0. The third kappa shape index (κ3) is 8.12. The Morgan fingerprint density at radius 3 is 2.52 bits per heavy atom. The number of benzene rings is 1. The van der Waals surface area contributed by atoms with Crippen LogP contribution in [0.1, 0.15) is 60.0 Å². The number of anilines is 2. The summed E-state index contributed by atoms with van der Waals surface area (Å²) in [5.41, 5.74) is -0.220. The van der Waals surface area contributed by atoms with E-state index in [2.05, 4.69) is 32.1 Å². The summed E-state index contributed by atoms with van der Waals surface area (Å²) in [5.74, 6) is -1.46. The fourth-order valence-corrected chi connectivity index (χ4v) is 6.68. The van der Waals surface area contributed by atoms with Gasteiger partial charge in [-0.25, -0.2) is 15.0 Å². The molecule has 2 aromatic heterocycles. The van der Waals surface area contributed by atoms with E-state index in [0.717, 1.165) is 30.3 Å². The molecule has 5 rings (SSSR count). The van der Waals surface area contributed by atoms with E-state index in [1.165, 1.54) is 36.9 Å². The van der Waals surface area contributed by atoms with Gasteiger partial charge in [-0.15, -0.1) is 0 Å². The zero-order valence-electron chi connectivity index (χ0n) is 25.7. The molecule has 2 aliphatic heterocycles. The zero-order valence-corrected chi connectivity index (χ0v) is 26.5. The van der Waals surface area contributed by atoms with E-state index in [-0.39, 0.29) is 34.7 Å². The summed E-state index contributed by atoms with van der Waals surface area (Å²) in [6.45, 7) is 4.95. The molecular formula is C31H37F3N6O5S. The predicted molar refractivity (Wildman–Crippen MR) is 166 cm³/mol. The minimum absolute atomic E-state index is 0.0463. The Morgan fingerprint density at radius 2 is 1.89 bits per heavy atom. The van der Waals surface area contributed by atoms with Crippen molar-refractivity contribution in [1.82, 2.24) is 19.9 Å². The molecule has 0 radical (unpaired) electrons. The van der Waals surface area contributed by atoms with Gasteiger partial charge in [-0.1, -0.05) is 11.3 Å². The van der Waals surface area contributed by atoms with Gasteiger partial charge in [0.1, 0.15) is 17.3 Å². The standard InChI is InChI=1S/C31H37F3N6O5S/c1-19-5-3-10-40(19)18-25-27(21-6-7-24(45-14-4-13-44-2)22(15-21)31(32,33)34)37-30(46-25)38-28(41)23-16-36-26(17-35-23)39-11-8-20(9-12-39)29(42)43/h6-7,15-17,19-20H,3-5,8-14,18H2,1-2H3,(H,42,43)(H,37,38,41)/t19-/m1/s1. The van der Waals surface area contributed by atoms with Crippen LogP contribution >= 0.6 is 11.3 Å². The topological polar surface area (TPSA) is 130 Å². The molecule has 248 valence electrons. The Labute approximate surface area is 268 Å². The number of methoxy groups -OCH3 is 1. The van der Waals surface area contributed by atoms with Gasteiger partial charge in [-0.2, -0.15) is 13.2 Å². The Hall–Kier alpha value is -3.82. The number of nitrogens with one attached hydrogen (secondary N) is 1. The molecule has 0 saturated carbocycles. The van der Waals surface area contributed by atoms with Crippen LogP contribution < -0.4 is 15.0 Å². The van der Waals surface area contributed by atoms with Gasteiger partial charge in [0.2, 0.25) is 0 Å². The maximum absolute atomic E-state index is 14.1. The van der Waals surface area contributed by atoms with Crippen LogP contribution in [0, 0.1) is 5.92 Å². The monoisotopic (exact) mass is 662 g/mol. The Kier molecular flexibility index (Phi) is 10.7. The van der Waals surface area contributed by atoms with Crippen molar-refractivity contribution in [2.45, 2.75) is 57.8 Å². The van der Waals surface area contributed by atoms with Gasteiger partial charge >= 0.3 is 12.1 Å². The maximum Gasteiger partial charge on any atom is 0.419 e. The van der Waals surface area contributed by atoms with Gasteiger partial charge in [0.05, 0.1) is 36.2 Å². The highest BCUT2D eigenvalue weighted by atomic mass is 32.1. The number of piperidine rings is 1. The molecule has 46 heavy (non-hydrogen) atoms. The van der Waals surface area contributed by atoms with Crippen LogP contribution in [0.5, 0.6) is 5.75 Å². The number of aliphatic carboxylic acids is 1. The summed E-state index contributed by atoms with van der Waals surface area (Å²) in [6, 6.07) is 4.23. The lowest BCUT2D eigenvalue weighted by Crippen LogP contribution is -2.36. The van der Waals surface area contributed by atoms with E-state index < -0.39 is 23.6 Å². The molecule has 11 nitrogen and oxygen atoms in total. The molecule has 2 aliphatic rings. The first kappa shape index (κ1) is 33.5. The zero-order chi connectivity index (χ0) is 32.8. The lowest BCUT2D eigenvalue weighted by molar-refractivity contribution is -0.142. The van der Waals surface area contributed by atoms with Crippen LogP contribution in [-0.4, -0.2) is 82.8 Å². The number of carboxylic acids is 1. The Bertz CT molecular complexity index is 1510. The molecule has 0 bridgehead atoms. The fraction of sp³-hybridized carbons (Fsp3) is 0.516. The average Bonchev–Trinajstić information content (AvgIpc) is 3.64. The Balaban J connectivity index is 1.36. The van der Waals surface area contributed by atoms with E-state index in [0.29, 0.717) is 63.1 Å². The highest BCUT2D eigenvalue weighted by Gasteiger charge is 2.35. The van der Waals surface area contributed by atoms with Crippen molar-refractivity contribution in [2.24, 2.45) is 5.92 Å². The molecule has 0 spiro atoms. The van der Waals surface area contributed by atoms with Crippen molar-refractivity contribution in [2.75, 3.05) is 50.2 Å². The number of alkyl halides is 3. The quantitative estimate of drug-likeness (QED) is 0.238. The average molecular weight is 663 g/mol. The first-order valence-electron chi connectivity index (χ1n) is 15.2. The van der Waals surface area contributed by atoms with Crippen molar-refractivity contribution in [1.29, 1.82) is 0 Å². The molecule has 2 fully saturated rings. The second-order valence-electron chi connectivity index (χ2n) is 11.5. The minimum Gasteiger partial charge on any atom is -0.493 e. The van der Waals surface area contributed by atoms with Crippen molar-refractivity contribution in [3.8, 4) is 17.0 Å². The van der Waals surface area contributed by atoms with Crippen molar-refractivity contribution in [3.05, 3.63) is 46.7 Å². The fourth-order valence-electron chi connectivity index (χ4n) is 5.68. The number of likely N-dealkylation sites (tertiary alicyclic amines) is 1. The lowest BCUT2D eigenvalue weighted by Gasteiger charge is -2.30. The Morgan fingerprint density at radius 1 is 1.11 bits per heavy atom. The number of amides is 1. The third-order valence-corrected chi connectivity index (χ3v) is 9.26. The third-order valence-electron chi connectivity index (χ3n) is 8.30. The number of carboxylic acid groups (broad SMARTS) is 1. The molecule has 3 aromatic rings. The summed E-state index contributed by atoms with van der Waals surface area (Å²) >= 11 is 1.22. The summed E-state index contributed by atoms with van der Waals surface area (Å²) in [5, 5.41) is 12.2. The van der Waals surface area contributed by atoms with Crippen LogP contribution in [0.25, 0.3) is 11.3 Å². The number of rotatable bonds is 12. The van der Waals surface area contributed by atoms with Crippen molar-refractivity contribution < 1.29 is 37.3 Å². The van der Waals surface area contributed by atoms with Crippen molar-refractivity contribution >= 4 is 34.2 Å². The number of ether oxygens (including phenoxy) is 2. The van der Waals surface area contributed by atoms with Crippen LogP contribution in [0.15, 0.2) is 30.6 Å². The molecule has 4 heterocycles. The van der Waals surface area contributed by atoms with E-state index >= 15 is 0 Å². The molecular weight excluding hydrogens is 625 g/mol. The number of carbonyl (C=O) groups is 2. The molecule has 0 unspecified atom stereocenters. The van der Waals surface area contributed by atoms with E-state index in [9.17, 15) is 27.9 Å². The summed E-state index contributed by atoms with van der Waals surface area (Å²) in [6.07, 6.45) is 1.66. The molecule has 0 aliphatic carbocycles. The van der Waals surface area contributed by atoms with Gasteiger partial charge in [0, 0.05) is 56.3 Å². The second-order valence-corrected chi connectivity index (χ2v) is 12.6. The van der Waals surface area contributed by atoms with Gasteiger partial charge in [-0.05, 0) is 57.4 Å². The second kappa shape index (κ2) is 14.7. The SMILES string of the molecule is COCCCOc1ccc(-c2nc(NC(=O)c3cnc(N4CCC(C(=O)O)CC4)cn3)sc2CN2CCC[C@H]2C)cc1C(F)(F)F. The number of hydrogen-bond acceptors (Lipinski definition) is 10. The van der Waals surface area contributed by atoms with Gasteiger partial charge in [0.15, 0.2) is 5.13 Å². The van der Waals surface area contributed by atoms with E-state index in [4.69, 9.17) is 9.47 Å². The summed E-state index contributed by atoms with van der Waals surface area (Å²) in [7, 11) is 1.51. The smallest absolute Gasteiger partial charge is 0.419 e. The molecule has 1 aromatic carbocycles. The molecule has 15 heteroatoms. The number of thiazole rings is 1. The lowest BCUT2D eigenvalue weighted by atomic mass is 9.97. The van der Waals surface area contributed by atoms with Gasteiger partial charge in [0.25, 0.3) is 5.91 Å². The molecule has 2 saturated heterocycles.